The summed E-state index contributed by atoms with van der Waals surface area (Å²) in [5, 5.41) is 3.00. The van der Waals surface area contributed by atoms with E-state index in [-0.39, 0.29) is 17.6 Å². The molecule has 0 atom stereocenters. The number of carbonyl (C=O) groups is 2. The number of nitrogens with one attached hydrogen (secondary N) is 1. The van der Waals surface area contributed by atoms with Crippen LogP contribution < -0.4 is 5.32 Å². The van der Waals surface area contributed by atoms with Crippen molar-refractivity contribution in [2.45, 2.75) is 26.2 Å². The van der Waals surface area contributed by atoms with Crippen molar-refractivity contribution in [2.75, 3.05) is 19.6 Å². The van der Waals surface area contributed by atoms with E-state index in [1.165, 1.54) is 30.7 Å². The predicted octanol–water partition coefficient (Wildman–Crippen LogP) is 3.88. The summed E-state index contributed by atoms with van der Waals surface area (Å²) in [6, 6.07) is 14.3. The van der Waals surface area contributed by atoms with E-state index < -0.39 is 5.41 Å². The van der Waals surface area contributed by atoms with Gasteiger partial charge in [-0.3, -0.25) is 14.6 Å². The van der Waals surface area contributed by atoms with Gasteiger partial charge in [-0.15, -0.1) is 0 Å². The van der Waals surface area contributed by atoms with Crippen LogP contribution in [0.2, 0.25) is 0 Å². The van der Waals surface area contributed by atoms with Crippen molar-refractivity contribution in [3.05, 3.63) is 84.2 Å². The van der Waals surface area contributed by atoms with Crippen LogP contribution in [0.4, 0.5) is 4.39 Å². The van der Waals surface area contributed by atoms with Crippen LogP contribution in [0.5, 0.6) is 0 Å². The summed E-state index contributed by atoms with van der Waals surface area (Å²) in [5.74, 6) is -0.477. The molecule has 0 unspecified atom stereocenters. The minimum absolute atomic E-state index is 0.00866. The van der Waals surface area contributed by atoms with Crippen molar-refractivity contribution in [1.29, 1.82) is 0 Å². The molecule has 0 bridgehead atoms. The molecule has 33 heavy (non-hydrogen) atoms. The van der Waals surface area contributed by atoms with E-state index >= 15 is 0 Å². The molecule has 1 aromatic heterocycles. The maximum atomic E-state index is 13.9. The number of aromatic nitrogens is 2. The second-order valence-corrected chi connectivity index (χ2v) is 8.37. The molecule has 1 fully saturated rings. The highest BCUT2D eigenvalue weighted by molar-refractivity contribution is 5.92. The van der Waals surface area contributed by atoms with E-state index in [1.54, 1.807) is 11.0 Å². The molecule has 0 spiro atoms. The van der Waals surface area contributed by atoms with Crippen LogP contribution in [0.15, 0.2) is 67.1 Å². The Morgan fingerprint density at radius 3 is 2.58 bits per heavy atom. The normalized spacial score (nSPS) is 15.2. The van der Waals surface area contributed by atoms with Crippen LogP contribution in [0.25, 0.3) is 11.1 Å². The average molecular weight is 447 g/mol. The number of piperidine rings is 1. The summed E-state index contributed by atoms with van der Waals surface area (Å²) in [7, 11) is 0. The van der Waals surface area contributed by atoms with Crippen molar-refractivity contribution >= 4 is 11.8 Å². The first-order valence-electron chi connectivity index (χ1n) is 11.2. The van der Waals surface area contributed by atoms with E-state index in [2.05, 4.69) is 15.3 Å². The van der Waals surface area contributed by atoms with E-state index in [1.807, 2.05) is 37.3 Å². The minimum Gasteiger partial charge on any atom is -0.356 e. The average Bonchev–Trinajstić information content (AvgIpc) is 2.85. The van der Waals surface area contributed by atoms with E-state index in [0.29, 0.717) is 44.6 Å². The first-order chi connectivity index (χ1) is 16.0. The van der Waals surface area contributed by atoms with Gasteiger partial charge in [0.15, 0.2) is 0 Å². The quantitative estimate of drug-likeness (QED) is 0.624. The van der Waals surface area contributed by atoms with Gasteiger partial charge >= 0.3 is 0 Å². The van der Waals surface area contributed by atoms with Gasteiger partial charge in [-0.25, -0.2) is 9.37 Å². The molecule has 7 heteroatoms. The van der Waals surface area contributed by atoms with Gasteiger partial charge in [0.1, 0.15) is 11.5 Å². The van der Waals surface area contributed by atoms with Gasteiger partial charge < -0.3 is 10.2 Å². The van der Waals surface area contributed by atoms with Crippen molar-refractivity contribution in [3.63, 3.8) is 0 Å². The lowest BCUT2D eigenvalue weighted by Crippen LogP contribution is -2.51. The molecule has 2 heterocycles. The van der Waals surface area contributed by atoms with Crippen LogP contribution in [0.1, 0.15) is 35.8 Å². The maximum Gasteiger partial charge on any atom is 0.274 e. The Morgan fingerprint density at radius 2 is 1.88 bits per heavy atom. The molecular formula is C26H27FN4O2. The van der Waals surface area contributed by atoms with E-state index in [0.717, 1.165) is 16.7 Å². The van der Waals surface area contributed by atoms with Gasteiger partial charge in [0.25, 0.3) is 5.91 Å². The monoisotopic (exact) mass is 446 g/mol. The number of rotatable bonds is 6. The second-order valence-electron chi connectivity index (χ2n) is 8.37. The lowest BCUT2D eigenvalue weighted by Gasteiger charge is -2.41. The second kappa shape index (κ2) is 9.90. The molecule has 1 aliphatic heterocycles. The highest BCUT2D eigenvalue weighted by atomic mass is 19.1. The number of likely N-dealkylation sites (tertiary alicyclic amines) is 1. The largest absolute Gasteiger partial charge is 0.356 e. The zero-order chi connectivity index (χ0) is 23.3. The van der Waals surface area contributed by atoms with Gasteiger partial charge in [-0.05, 0) is 55.0 Å². The summed E-state index contributed by atoms with van der Waals surface area (Å²) in [5.41, 5.74) is 2.34. The van der Waals surface area contributed by atoms with Crippen LogP contribution in [0, 0.1) is 11.2 Å². The Hall–Kier alpha value is -3.61. The molecule has 3 aromatic rings. The Kier molecular flexibility index (Phi) is 6.77. The third-order valence-corrected chi connectivity index (χ3v) is 6.29. The fraction of sp³-hybridized carbons (Fsp3) is 0.308. The van der Waals surface area contributed by atoms with Crippen molar-refractivity contribution in [3.8, 4) is 11.1 Å². The number of halogens is 1. The molecule has 0 saturated carbocycles. The number of amides is 2. The smallest absolute Gasteiger partial charge is 0.274 e. The number of nitrogens with zero attached hydrogens (tertiary/aromatic N) is 3. The first-order valence-corrected chi connectivity index (χ1v) is 11.2. The fourth-order valence-electron chi connectivity index (χ4n) is 4.52. The summed E-state index contributed by atoms with van der Waals surface area (Å²) in [6.45, 7) is 3.34. The molecule has 2 amide bonds. The molecule has 1 aliphatic rings. The van der Waals surface area contributed by atoms with Crippen LogP contribution >= 0.6 is 0 Å². The Bertz CT molecular complexity index is 1130. The van der Waals surface area contributed by atoms with E-state index in [9.17, 15) is 14.0 Å². The topological polar surface area (TPSA) is 75.2 Å². The Balaban J connectivity index is 1.60. The molecule has 1 saturated heterocycles. The van der Waals surface area contributed by atoms with Crippen LogP contribution in [0.3, 0.4) is 0 Å². The standard InChI is InChI=1S/C26H27FN4O2/c1-2-29-25(33)26(10-14-31(15-11-26)24(32)23-18-28-12-13-30-23)17-20-6-3-4-9-22(20)19-7-5-8-21(27)16-19/h3-9,12-13,16,18H,2,10-11,14-15,17H2,1H3,(H,29,33). The van der Waals surface area contributed by atoms with Crippen LogP contribution in [-0.2, 0) is 11.2 Å². The molecule has 2 aromatic carbocycles. The SMILES string of the molecule is CCNC(=O)C1(Cc2ccccc2-c2cccc(F)c2)CCN(C(=O)c2cnccn2)CC1. The third-order valence-electron chi connectivity index (χ3n) is 6.29. The molecule has 0 aliphatic carbocycles. The summed E-state index contributed by atoms with van der Waals surface area (Å²) >= 11 is 0. The third kappa shape index (κ3) is 4.92. The van der Waals surface area contributed by atoms with Gasteiger partial charge in [0, 0.05) is 32.0 Å². The number of benzene rings is 2. The van der Waals surface area contributed by atoms with Crippen molar-refractivity contribution in [1.82, 2.24) is 20.2 Å². The highest BCUT2D eigenvalue weighted by Gasteiger charge is 2.42. The molecule has 1 N–H and O–H groups in total. The number of carbonyl (C=O) groups excluding carboxylic acids is 2. The number of hydrogen-bond acceptors (Lipinski definition) is 4. The molecule has 170 valence electrons. The maximum absolute atomic E-state index is 13.9. The Labute approximate surface area is 192 Å². The molecule has 0 radical (unpaired) electrons. The first kappa shape index (κ1) is 22.6. The predicted molar refractivity (Wildman–Crippen MR) is 124 cm³/mol. The van der Waals surface area contributed by atoms with Crippen molar-refractivity contribution < 1.29 is 14.0 Å². The van der Waals surface area contributed by atoms with Gasteiger partial charge in [0.05, 0.1) is 11.6 Å². The fourth-order valence-corrected chi connectivity index (χ4v) is 4.52. The van der Waals surface area contributed by atoms with E-state index in [4.69, 9.17) is 0 Å². The minimum atomic E-state index is -0.654. The van der Waals surface area contributed by atoms with Crippen LogP contribution in [-0.4, -0.2) is 46.3 Å². The zero-order valence-electron chi connectivity index (χ0n) is 18.6. The summed E-state index contributed by atoms with van der Waals surface area (Å²) < 4.78 is 13.9. The van der Waals surface area contributed by atoms with Gasteiger partial charge in [0.2, 0.25) is 5.91 Å². The van der Waals surface area contributed by atoms with Crippen molar-refractivity contribution in [2.24, 2.45) is 5.41 Å². The summed E-state index contributed by atoms with van der Waals surface area (Å²) in [6.07, 6.45) is 6.06. The van der Waals surface area contributed by atoms with Gasteiger partial charge in [-0.1, -0.05) is 36.4 Å². The van der Waals surface area contributed by atoms with Gasteiger partial charge in [-0.2, -0.15) is 0 Å². The lowest BCUT2D eigenvalue weighted by molar-refractivity contribution is -0.133. The Morgan fingerprint density at radius 1 is 1.09 bits per heavy atom. The molecule has 6 nitrogen and oxygen atoms in total. The highest BCUT2D eigenvalue weighted by Crippen LogP contribution is 2.38. The molecule has 4 rings (SSSR count). The number of hydrogen-bond donors (Lipinski definition) is 1. The zero-order valence-corrected chi connectivity index (χ0v) is 18.6. The summed E-state index contributed by atoms with van der Waals surface area (Å²) in [4.78, 5) is 35.9. The lowest BCUT2D eigenvalue weighted by atomic mass is 9.72. The molecular weight excluding hydrogens is 419 g/mol.